The quantitative estimate of drug-likeness (QED) is 0.921. The van der Waals surface area contributed by atoms with E-state index in [1.54, 1.807) is 0 Å². The minimum Gasteiger partial charge on any atom is -0.391 e. The van der Waals surface area contributed by atoms with Crippen molar-refractivity contribution in [3.8, 4) is 0 Å². The number of benzene rings is 2. The van der Waals surface area contributed by atoms with E-state index in [-0.39, 0.29) is 12.1 Å². The Morgan fingerprint density at radius 2 is 1.60 bits per heavy atom. The minimum atomic E-state index is -0.269. The van der Waals surface area contributed by atoms with Crippen LogP contribution in [-0.2, 0) is 6.54 Å². The molecule has 20 heavy (non-hydrogen) atoms. The van der Waals surface area contributed by atoms with Crippen molar-refractivity contribution in [2.75, 3.05) is 6.54 Å². The van der Waals surface area contributed by atoms with Crippen molar-refractivity contribution < 1.29 is 5.11 Å². The van der Waals surface area contributed by atoms with Crippen LogP contribution in [-0.4, -0.2) is 22.7 Å². The number of piperidine rings is 1. The standard InChI is InChI=1S/C18H21NO/c20-17-12-7-13-19(14-15-8-3-1-4-9-15)18(17)16-10-5-2-6-11-16/h1-6,8-11,17-18,20H,7,12-14H2/t17-,18-/m0/s1. The van der Waals surface area contributed by atoms with Crippen molar-refractivity contribution in [1.29, 1.82) is 0 Å². The smallest absolute Gasteiger partial charge is 0.0737 e. The Balaban J connectivity index is 1.83. The van der Waals surface area contributed by atoms with Crippen LogP contribution in [0.5, 0.6) is 0 Å². The predicted molar refractivity (Wildman–Crippen MR) is 81.3 cm³/mol. The second-order valence-corrected chi connectivity index (χ2v) is 5.52. The highest BCUT2D eigenvalue weighted by Gasteiger charge is 2.31. The summed E-state index contributed by atoms with van der Waals surface area (Å²) in [5, 5.41) is 10.4. The van der Waals surface area contributed by atoms with Gasteiger partial charge in [0, 0.05) is 6.54 Å². The highest BCUT2D eigenvalue weighted by Crippen LogP contribution is 2.32. The third-order valence-electron chi connectivity index (χ3n) is 4.07. The van der Waals surface area contributed by atoms with Crippen molar-refractivity contribution in [3.63, 3.8) is 0 Å². The van der Waals surface area contributed by atoms with Gasteiger partial charge in [0.25, 0.3) is 0 Å². The van der Waals surface area contributed by atoms with E-state index in [2.05, 4.69) is 53.4 Å². The highest BCUT2D eigenvalue weighted by molar-refractivity contribution is 5.22. The molecule has 3 rings (SSSR count). The molecule has 0 radical (unpaired) electrons. The van der Waals surface area contributed by atoms with Gasteiger partial charge in [-0.1, -0.05) is 60.7 Å². The molecule has 2 atom stereocenters. The maximum absolute atomic E-state index is 10.4. The largest absolute Gasteiger partial charge is 0.391 e. The van der Waals surface area contributed by atoms with Gasteiger partial charge in [0.2, 0.25) is 0 Å². The highest BCUT2D eigenvalue weighted by atomic mass is 16.3. The van der Waals surface area contributed by atoms with Crippen LogP contribution in [0.2, 0.25) is 0 Å². The molecule has 1 fully saturated rings. The topological polar surface area (TPSA) is 23.5 Å². The number of hydrogen-bond acceptors (Lipinski definition) is 2. The van der Waals surface area contributed by atoms with Crippen LogP contribution in [0.1, 0.15) is 30.0 Å². The third-order valence-corrected chi connectivity index (χ3v) is 4.07. The van der Waals surface area contributed by atoms with Gasteiger partial charge in [-0.25, -0.2) is 0 Å². The van der Waals surface area contributed by atoms with E-state index in [1.165, 1.54) is 11.1 Å². The second kappa shape index (κ2) is 6.21. The van der Waals surface area contributed by atoms with Crippen molar-refractivity contribution in [1.82, 2.24) is 4.90 Å². The molecular formula is C18H21NO. The molecule has 1 heterocycles. The van der Waals surface area contributed by atoms with E-state index in [9.17, 15) is 5.11 Å². The molecule has 1 N–H and O–H groups in total. The molecule has 0 unspecified atom stereocenters. The number of aliphatic hydroxyl groups is 1. The van der Waals surface area contributed by atoms with Crippen molar-refractivity contribution in [2.24, 2.45) is 0 Å². The Bertz CT molecular complexity index is 526. The van der Waals surface area contributed by atoms with Crippen LogP contribution in [0.3, 0.4) is 0 Å². The summed E-state index contributed by atoms with van der Waals surface area (Å²) in [6.07, 6.45) is 1.69. The summed E-state index contributed by atoms with van der Waals surface area (Å²) in [5.41, 5.74) is 2.53. The fraction of sp³-hybridized carbons (Fsp3) is 0.333. The molecule has 2 heteroatoms. The Hall–Kier alpha value is -1.64. The Kier molecular flexibility index (Phi) is 4.14. The number of nitrogens with zero attached hydrogens (tertiary/aromatic N) is 1. The maximum Gasteiger partial charge on any atom is 0.0737 e. The summed E-state index contributed by atoms with van der Waals surface area (Å²) < 4.78 is 0. The zero-order chi connectivity index (χ0) is 13.8. The van der Waals surface area contributed by atoms with Crippen LogP contribution in [0, 0.1) is 0 Å². The summed E-state index contributed by atoms with van der Waals surface area (Å²) in [6, 6.07) is 21.0. The van der Waals surface area contributed by atoms with Gasteiger partial charge in [0.05, 0.1) is 12.1 Å². The van der Waals surface area contributed by atoms with E-state index in [0.29, 0.717) is 0 Å². The van der Waals surface area contributed by atoms with Crippen molar-refractivity contribution in [2.45, 2.75) is 31.5 Å². The van der Waals surface area contributed by atoms with E-state index < -0.39 is 0 Å². The maximum atomic E-state index is 10.4. The molecule has 1 saturated heterocycles. The normalized spacial score (nSPS) is 23.6. The monoisotopic (exact) mass is 267 g/mol. The SMILES string of the molecule is O[C@H]1CCCN(Cc2ccccc2)[C@H]1c1ccccc1. The molecule has 0 saturated carbocycles. The van der Waals surface area contributed by atoms with Gasteiger partial charge in [-0.15, -0.1) is 0 Å². The fourth-order valence-corrected chi connectivity index (χ4v) is 3.12. The lowest BCUT2D eigenvalue weighted by molar-refractivity contribution is 0.00521. The lowest BCUT2D eigenvalue weighted by atomic mass is 9.92. The molecule has 0 aromatic heterocycles. The molecule has 0 spiro atoms. The van der Waals surface area contributed by atoms with Gasteiger partial charge in [-0.3, -0.25) is 4.90 Å². The summed E-state index contributed by atoms with van der Waals surface area (Å²) in [6.45, 7) is 1.95. The Morgan fingerprint density at radius 1 is 0.950 bits per heavy atom. The van der Waals surface area contributed by atoms with Crippen molar-refractivity contribution >= 4 is 0 Å². The summed E-state index contributed by atoms with van der Waals surface area (Å²) >= 11 is 0. The first-order chi connectivity index (χ1) is 9.84. The molecule has 0 bridgehead atoms. The zero-order valence-electron chi connectivity index (χ0n) is 11.7. The molecule has 1 aliphatic heterocycles. The van der Waals surface area contributed by atoms with Gasteiger partial charge in [0.15, 0.2) is 0 Å². The van der Waals surface area contributed by atoms with E-state index in [0.717, 1.165) is 25.9 Å². The summed E-state index contributed by atoms with van der Waals surface area (Å²) in [7, 11) is 0. The molecule has 0 aliphatic carbocycles. The lowest BCUT2D eigenvalue weighted by Gasteiger charge is -2.39. The zero-order valence-corrected chi connectivity index (χ0v) is 11.7. The van der Waals surface area contributed by atoms with Crippen LogP contribution < -0.4 is 0 Å². The third kappa shape index (κ3) is 2.92. The summed E-state index contributed by atoms with van der Waals surface area (Å²) in [4.78, 5) is 2.40. The van der Waals surface area contributed by atoms with Gasteiger partial charge in [-0.05, 0) is 30.5 Å². The minimum absolute atomic E-state index is 0.116. The fourth-order valence-electron chi connectivity index (χ4n) is 3.12. The van der Waals surface area contributed by atoms with Crippen LogP contribution in [0.4, 0.5) is 0 Å². The van der Waals surface area contributed by atoms with Gasteiger partial charge < -0.3 is 5.11 Å². The van der Waals surface area contributed by atoms with E-state index in [1.807, 2.05) is 12.1 Å². The van der Waals surface area contributed by atoms with Crippen LogP contribution in [0.25, 0.3) is 0 Å². The number of rotatable bonds is 3. The average molecular weight is 267 g/mol. The van der Waals surface area contributed by atoms with Crippen molar-refractivity contribution in [3.05, 3.63) is 71.8 Å². The first kappa shape index (κ1) is 13.3. The van der Waals surface area contributed by atoms with Gasteiger partial charge in [-0.2, -0.15) is 0 Å². The molecule has 2 nitrogen and oxygen atoms in total. The lowest BCUT2D eigenvalue weighted by Crippen LogP contribution is -2.41. The first-order valence-corrected chi connectivity index (χ1v) is 7.35. The van der Waals surface area contributed by atoms with Gasteiger partial charge in [0.1, 0.15) is 0 Å². The van der Waals surface area contributed by atoms with E-state index in [4.69, 9.17) is 0 Å². The van der Waals surface area contributed by atoms with Crippen LogP contribution >= 0.6 is 0 Å². The van der Waals surface area contributed by atoms with Gasteiger partial charge >= 0.3 is 0 Å². The predicted octanol–water partition coefficient (Wildman–Crippen LogP) is 3.38. The average Bonchev–Trinajstić information content (AvgIpc) is 2.49. The number of hydrogen-bond donors (Lipinski definition) is 1. The number of likely N-dealkylation sites (tertiary alicyclic amines) is 1. The molecule has 0 amide bonds. The first-order valence-electron chi connectivity index (χ1n) is 7.35. The molecule has 2 aromatic rings. The second-order valence-electron chi connectivity index (χ2n) is 5.52. The molecule has 104 valence electrons. The summed E-state index contributed by atoms with van der Waals surface area (Å²) in [5.74, 6) is 0. The number of aliphatic hydroxyl groups excluding tert-OH is 1. The Labute approximate surface area is 120 Å². The molecule has 1 aliphatic rings. The van der Waals surface area contributed by atoms with Crippen LogP contribution in [0.15, 0.2) is 60.7 Å². The molecular weight excluding hydrogens is 246 g/mol. The van der Waals surface area contributed by atoms with E-state index >= 15 is 0 Å². The molecule has 2 aromatic carbocycles. The Morgan fingerprint density at radius 3 is 2.30 bits per heavy atom.